The van der Waals surface area contributed by atoms with Crippen LogP contribution < -0.4 is 16.2 Å². The van der Waals surface area contributed by atoms with E-state index in [1.165, 1.54) is 11.3 Å². The maximum atomic E-state index is 12.7. The molecule has 0 aromatic carbocycles. The van der Waals surface area contributed by atoms with E-state index in [4.69, 9.17) is 5.11 Å². The first-order valence-electron chi connectivity index (χ1n) is 10.4. The Bertz CT molecular complexity index is 1020. The fraction of sp³-hybridized carbons (Fsp3) is 0.500. The topological polar surface area (TPSA) is 132 Å². The summed E-state index contributed by atoms with van der Waals surface area (Å²) in [5.41, 5.74) is 3.17. The molecule has 0 bridgehead atoms. The molecule has 2 aromatic heterocycles. The first-order chi connectivity index (χ1) is 14.7. The van der Waals surface area contributed by atoms with E-state index in [-0.39, 0.29) is 30.0 Å². The van der Waals surface area contributed by atoms with Crippen molar-refractivity contribution in [1.82, 2.24) is 15.6 Å². The van der Waals surface area contributed by atoms with Gasteiger partial charge in [-0.25, -0.2) is 4.79 Å². The Hall–Kier alpha value is -2.65. The molecule has 168 valence electrons. The lowest BCUT2D eigenvalue weighted by atomic mass is 9.81. The van der Waals surface area contributed by atoms with Gasteiger partial charge in [-0.2, -0.15) is 0 Å². The molecule has 1 unspecified atom stereocenters. The molecule has 2 heterocycles. The average Bonchev–Trinajstić information content (AvgIpc) is 3.08. The van der Waals surface area contributed by atoms with E-state index in [1.54, 1.807) is 5.38 Å². The Morgan fingerprint density at radius 2 is 1.90 bits per heavy atom. The number of carboxylic acid groups (broad SMARTS) is 1. The molecule has 31 heavy (non-hydrogen) atoms. The minimum atomic E-state index is -1.02. The molecule has 0 radical (unpaired) electrons. The zero-order valence-corrected chi connectivity index (χ0v) is 18.8. The molecule has 0 saturated heterocycles. The van der Waals surface area contributed by atoms with Crippen LogP contribution in [-0.4, -0.2) is 33.2 Å². The lowest BCUT2D eigenvalue weighted by molar-refractivity contribution is 0.0802. The molecule has 0 aliphatic heterocycles. The number of H-pyrrole nitrogens is 1. The van der Waals surface area contributed by atoms with Crippen molar-refractivity contribution in [3.8, 4) is 0 Å². The van der Waals surface area contributed by atoms with Gasteiger partial charge in [-0.3, -0.25) is 9.59 Å². The number of rotatable bonds is 6. The Morgan fingerprint density at radius 1 is 1.23 bits per heavy atom. The SMILES string of the molecule is Cc1cc(C)c(CNC(=O)c2csc(C(O)C3CCC(NC(=O)O)CC3)c2C)c(=O)[nH]1. The van der Waals surface area contributed by atoms with Crippen molar-refractivity contribution in [2.24, 2.45) is 5.92 Å². The Balaban J connectivity index is 1.64. The van der Waals surface area contributed by atoms with Gasteiger partial charge >= 0.3 is 6.09 Å². The molecular formula is C22H29N3O5S. The number of aryl methyl sites for hydroxylation is 2. The third kappa shape index (κ3) is 5.34. The van der Waals surface area contributed by atoms with E-state index in [2.05, 4.69) is 15.6 Å². The fourth-order valence-corrected chi connectivity index (χ4v) is 5.43. The number of hydrogen-bond donors (Lipinski definition) is 5. The summed E-state index contributed by atoms with van der Waals surface area (Å²) in [6.07, 6.45) is 1.13. The summed E-state index contributed by atoms with van der Waals surface area (Å²) in [5.74, 6) is -0.241. The van der Waals surface area contributed by atoms with Crippen LogP contribution in [0.25, 0.3) is 0 Å². The van der Waals surface area contributed by atoms with Crippen LogP contribution in [-0.2, 0) is 6.54 Å². The normalized spacial score (nSPS) is 19.6. The minimum absolute atomic E-state index is 0.0360. The Kier molecular flexibility index (Phi) is 7.17. The van der Waals surface area contributed by atoms with Crippen molar-refractivity contribution in [2.75, 3.05) is 0 Å². The van der Waals surface area contributed by atoms with Gasteiger partial charge < -0.3 is 25.8 Å². The van der Waals surface area contributed by atoms with E-state index in [1.807, 2.05) is 26.8 Å². The van der Waals surface area contributed by atoms with Gasteiger partial charge in [0.25, 0.3) is 11.5 Å². The number of aliphatic hydroxyl groups excluding tert-OH is 1. The van der Waals surface area contributed by atoms with Crippen LogP contribution in [0.15, 0.2) is 16.2 Å². The molecule has 1 atom stereocenters. The van der Waals surface area contributed by atoms with E-state index in [9.17, 15) is 19.5 Å². The molecule has 2 aromatic rings. The largest absolute Gasteiger partial charge is 0.465 e. The molecule has 1 saturated carbocycles. The predicted molar refractivity (Wildman–Crippen MR) is 119 cm³/mol. The maximum absolute atomic E-state index is 12.7. The second-order valence-corrected chi connectivity index (χ2v) is 9.18. The molecule has 1 aliphatic carbocycles. The first-order valence-corrected chi connectivity index (χ1v) is 11.3. The van der Waals surface area contributed by atoms with Crippen LogP contribution in [0, 0.1) is 26.7 Å². The number of amides is 2. The summed E-state index contributed by atoms with van der Waals surface area (Å²) in [5, 5.41) is 26.8. The van der Waals surface area contributed by atoms with Gasteiger partial charge in [0.2, 0.25) is 0 Å². The number of aromatic amines is 1. The third-order valence-corrected chi connectivity index (χ3v) is 7.21. The summed E-state index contributed by atoms with van der Waals surface area (Å²) >= 11 is 1.36. The van der Waals surface area contributed by atoms with Gasteiger partial charge in [-0.1, -0.05) is 0 Å². The quantitative estimate of drug-likeness (QED) is 0.464. The zero-order valence-electron chi connectivity index (χ0n) is 17.9. The predicted octanol–water partition coefficient (Wildman–Crippen LogP) is 3.15. The van der Waals surface area contributed by atoms with Crippen LogP contribution in [0.3, 0.4) is 0 Å². The van der Waals surface area contributed by atoms with E-state index >= 15 is 0 Å². The minimum Gasteiger partial charge on any atom is -0.465 e. The number of aromatic nitrogens is 1. The maximum Gasteiger partial charge on any atom is 0.404 e. The van der Waals surface area contributed by atoms with Crippen molar-refractivity contribution >= 4 is 23.3 Å². The molecule has 5 N–H and O–H groups in total. The molecule has 2 amide bonds. The summed E-state index contributed by atoms with van der Waals surface area (Å²) in [6.45, 7) is 5.61. The second-order valence-electron chi connectivity index (χ2n) is 8.27. The lowest BCUT2D eigenvalue weighted by Gasteiger charge is -2.31. The Morgan fingerprint density at radius 3 is 2.52 bits per heavy atom. The van der Waals surface area contributed by atoms with Gasteiger partial charge in [0, 0.05) is 34.1 Å². The smallest absolute Gasteiger partial charge is 0.404 e. The van der Waals surface area contributed by atoms with Crippen LogP contribution in [0.4, 0.5) is 4.79 Å². The van der Waals surface area contributed by atoms with Gasteiger partial charge in [-0.05, 0) is 69.6 Å². The number of carbonyl (C=O) groups is 2. The number of hydrogen-bond acceptors (Lipinski definition) is 5. The van der Waals surface area contributed by atoms with Crippen molar-refractivity contribution in [1.29, 1.82) is 0 Å². The molecule has 8 nitrogen and oxygen atoms in total. The van der Waals surface area contributed by atoms with Gasteiger partial charge in [0.05, 0.1) is 11.7 Å². The highest BCUT2D eigenvalue weighted by Gasteiger charge is 2.30. The van der Waals surface area contributed by atoms with Crippen molar-refractivity contribution in [3.05, 3.63) is 54.6 Å². The lowest BCUT2D eigenvalue weighted by Crippen LogP contribution is -2.37. The fourth-order valence-electron chi connectivity index (χ4n) is 4.28. The highest BCUT2D eigenvalue weighted by Crippen LogP contribution is 2.39. The van der Waals surface area contributed by atoms with E-state index < -0.39 is 12.2 Å². The van der Waals surface area contributed by atoms with Crippen molar-refractivity contribution < 1.29 is 19.8 Å². The van der Waals surface area contributed by atoms with Crippen LogP contribution in [0.1, 0.15) is 69.4 Å². The highest BCUT2D eigenvalue weighted by atomic mass is 32.1. The van der Waals surface area contributed by atoms with E-state index in [0.717, 1.165) is 34.5 Å². The van der Waals surface area contributed by atoms with Gasteiger partial charge in [-0.15, -0.1) is 11.3 Å². The average molecular weight is 448 g/mol. The van der Waals surface area contributed by atoms with Crippen LogP contribution in [0.5, 0.6) is 0 Å². The molecule has 0 spiro atoms. The molecule has 9 heteroatoms. The number of pyridine rings is 1. The summed E-state index contributed by atoms with van der Waals surface area (Å²) < 4.78 is 0. The first kappa shape index (κ1) is 23.0. The molecule has 1 aliphatic rings. The van der Waals surface area contributed by atoms with Crippen LogP contribution >= 0.6 is 11.3 Å². The zero-order chi connectivity index (χ0) is 22.7. The summed E-state index contributed by atoms with van der Waals surface area (Å²) in [4.78, 5) is 39.2. The van der Waals surface area contributed by atoms with Gasteiger partial charge in [0.15, 0.2) is 0 Å². The second kappa shape index (κ2) is 9.65. The van der Waals surface area contributed by atoms with Crippen molar-refractivity contribution in [2.45, 2.75) is 65.1 Å². The van der Waals surface area contributed by atoms with Crippen LogP contribution in [0.2, 0.25) is 0 Å². The summed E-state index contributed by atoms with van der Waals surface area (Å²) in [6, 6.07) is 1.80. The number of carbonyl (C=O) groups excluding carboxylic acids is 1. The summed E-state index contributed by atoms with van der Waals surface area (Å²) in [7, 11) is 0. The third-order valence-electron chi connectivity index (χ3n) is 6.06. The molecule has 3 rings (SSSR count). The Labute approximate surface area is 184 Å². The highest BCUT2D eigenvalue weighted by molar-refractivity contribution is 7.10. The van der Waals surface area contributed by atoms with Gasteiger partial charge in [0.1, 0.15) is 0 Å². The van der Waals surface area contributed by atoms with E-state index in [0.29, 0.717) is 24.0 Å². The number of thiophene rings is 1. The molecular weight excluding hydrogens is 418 g/mol. The molecule has 1 fully saturated rings. The number of nitrogens with one attached hydrogen (secondary N) is 3. The number of aliphatic hydroxyl groups is 1. The van der Waals surface area contributed by atoms with Crippen molar-refractivity contribution in [3.63, 3.8) is 0 Å². The monoisotopic (exact) mass is 447 g/mol. The standard InChI is InChI=1S/C22H29N3O5S/c1-11-8-12(2)24-21(28)16(11)9-23-20(27)17-10-31-19(13(17)3)18(26)14-4-6-15(7-5-14)25-22(29)30/h8,10,14-15,18,25-26H,4-7,9H2,1-3H3,(H,23,27)(H,24,28)(H,29,30).